The molecule has 0 saturated carbocycles. The van der Waals surface area contributed by atoms with Gasteiger partial charge in [-0.2, -0.15) is 0 Å². The highest BCUT2D eigenvalue weighted by Gasteiger charge is 2.37. The predicted molar refractivity (Wildman–Crippen MR) is 65.7 cm³/mol. The Bertz CT molecular complexity index is 452. The average molecular weight is 284 g/mol. The van der Waals surface area contributed by atoms with Crippen LogP contribution in [0.2, 0.25) is 0 Å². The van der Waals surface area contributed by atoms with Crippen molar-refractivity contribution in [2.75, 3.05) is 32.7 Å². The van der Waals surface area contributed by atoms with E-state index < -0.39 is 30.4 Å². The van der Waals surface area contributed by atoms with Crippen LogP contribution in [-0.2, 0) is 14.4 Å². The molecule has 2 aliphatic heterocycles. The second kappa shape index (κ2) is 5.76. The van der Waals surface area contributed by atoms with Crippen LogP contribution in [0, 0.1) is 0 Å². The number of amides is 4. The molecule has 2 rings (SSSR count). The van der Waals surface area contributed by atoms with Crippen molar-refractivity contribution in [1.29, 1.82) is 0 Å². The Labute approximate surface area is 114 Å². The van der Waals surface area contributed by atoms with E-state index in [0.717, 1.165) is 0 Å². The molecule has 0 aromatic carbocycles. The Morgan fingerprint density at radius 2 is 1.90 bits per heavy atom. The summed E-state index contributed by atoms with van der Waals surface area (Å²) in [5.74, 6) is -1.89. The molecule has 9 nitrogen and oxygen atoms in total. The molecular formula is C11H16N4O5. The molecule has 0 aromatic rings. The zero-order valence-electron chi connectivity index (χ0n) is 10.8. The molecule has 2 heterocycles. The summed E-state index contributed by atoms with van der Waals surface area (Å²) in [5.41, 5.74) is 0. The first kappa shape index (κ1) is 14.1. The van der Waals surface area contributed by atoms with E-state index in [1.165, 1.54) is 9.80 Å². The van der Waals surface area contributed by atoms with Gasteiger partial charge in [-0.05, 0) is 0 Å². The molecule has 4 amide bonds. The number of nitrogens with zero attached hydrogens (tertiary/aromatic N) is 2. The van der Waals surface area contributed by atoms with Crippen LogP contribution in [0.25, 0.3) is 0 Å². The van der Waals surface area contributed by atoms with Crippen LogP contribution in [0.4, 0.5) is 4.79 Å². The number of aliphatic carboxylic acids is 1. The van der Waals surface area contributed by atoms with Gasteiger partial charge in [-0.3, -0.25) is 14.4 Å². The maximum absolute atomic E-state index is 12.3. The smallest absolute Gasteiger partial charge is 0.321 e. The Morgan fingerprint density at radius 1 is 1.20 bits per heavy atom. The summed E-state index contributed by atoms with van der Waals surface area (Å²) >= 11 is 0. The molecule has 1 unspecified atom stereocenters. The largest absolute Gasteiger partial charge is 0.481 e. The summed E-state index contributed by atoms with van der Waals surface area (Å²) < 4.78 is 0. The second-order valence-corrected chi connectivity index (χ2v) is 4.65. The van der Waals surface area contributed by atoms with Gasteiger partial charge in [-0.15, -0.1) is 0 Å². The molecule has 3 N–H and O–H groups in total. The molecule has 2 aliphatic rings. The third-order valence-electron chi connectivity index (χ3n) is 3.25. The maximum Gasteiger partial charge on any atom is 0.321 e. The minimum atomic E-state index is -1.15. The highest BCUT2D eigenvalue weighted by atomic mass is 16.4. The number of carbonyl (C=O) groups is 4. The SMILES string of the molecule is O=C(O)CC1C(=O)NCCN1C(=O)N1CCNC(=O)C1. The van der Waals surface area contributed by atoms with Gasteiger partial charge in [0, 0.05) is 26.2 Å². The van der Waals surface area contributed by atoms with Crippen molar-refractivity contribution in [3.05, 3.63) is 0 Å². The second-order valence-electron chi connectivity index (χ2n) is 4.65. The highest BCUT2D eigenvalue weighted by Crippen LogP contribution is 2.13. The Hall–Kier alpha value is -2.32. The first-order chi connectivity index (χ1) is 9.49. The van der Waals surface area contributed by atoms with Gasteiger partial charge >= 0.3 is 12.0 Å². The van der Waals surface area contributed by atoms with Crippen molar-refractivity contribution in [3.63, 3.8) is 0 Å². The molecule has 0 spiro atoms. The summed E-state index contributed by atoms with van der Waals surface area (Å²) in [5, 5.41) is 14.0. The Kier molecular flexibility index (Phi) is 4.06. The fraction of sp³-hybridized carbons (Fsp3) is 0.636. The Morgan fingerprint density at radius 3 is 2.55 bits per heavy atom. The molecule has 0 radical (unpaired) electrons. The number of hydrogen-bond acceptors (Lipinski definition) is 4. The number of nitrogens with one attached hydrogen (secondary N) is 2. The first-order valence-electron chi connectivity index (χ1n) is 6.31. The van der Waals surface area contributed by atoms with Crippen LogP contribution in [0.1, 0.15) is 6.42 Å². The summed E-state index contributed by atoms with van der Waals surface area (Å²) in [6, 6.07) is -1.50. The lowest BCUT2D eigenvalue weighted by Gasteiger charge is -2.38. The van der Waals surface area contributed by atoms with Crippen LogP contribution in [0.15, 0.2) is 0 Å². The number of urea groups is 1. The minimum Gasteiger partial charge on any atom is -0.481 e. The van der Waals surface area contributed by atoms with Gasteiger partial charge in [0.05, 0.1) is 6.42 Å². The van der Waals surface area contributed by atoms with Gasteiger partial charge in [0.1, 0.15) is 12.6 Å². The molecule has 110 valence electrons. The van der Waals surface area contributed by atoms with Crippen molar-refractivity contribution >= 4 is 23.8 Å². The first-order valence-corrected chi connectivity index (χ1v) is 6.31. The predicted octanol–water partition coefficient (Wildman–Crippen LogP) is -2.19. The molecule has 0 aromatic heterocycles. The lowest BCUT2D eigenvalue weighted by atomic mass is 10.1. The van der Waals surface area contributed by atoms with E-state index >= 15 is 0 Å². The number of carboxylic acids is 1. The van der Waals surface area contributed by atoms with E-state index in [0.29, 0.717) is 13.1 Å². The zero-order valence-corrected chi connectivity index (χ0v) is 10.8. The lowest BCUT2D eigenvalue weighted by Crippen LogP contribution is -2.62. The zero-order chi connectivity index (χ0) is 14.7. The monoisotopic (exact) mass is 284 g/mol. The number of carboxylic acid groups (broad SMARTS) is 1. The van der Waals surface area contributed by atoms with Gasteiger partial charge in [0.15, 0.2) is 0 Å². The molecule has 2 fully saturated rings. The maximum atomic E-state index is 12.3. The Balaban J connectivity index is 2.10. The quantitative estimate of drug-likeness (QED) is 0.532. The summed E-state index contributed by atoms with van der Waals surface area (Å²) in [7, 11) is 0. The van der Waals surface area contributed by atoms with E-state index in [1.54, 1.807) is 0 Å². The van der Waals surface area contributed by atoms with Crippen LogP contribution in [0.5, 0.6) is 0 Å². The fourth-order valence-corrected chi connectivity index (χ4v) is 2.30. The fourth-order valence-electron chi connectivity index (χ4n) is 2.30. The van der Waals surface area contributed by atoms with E-state index in [1.807, 2.05) is 0 Å². The highest BCUT2D eigenvalue weighted by molar-refractivity contribution is 5.92. The molecule has 1 atom stereocenters. The lowest BCUT2D eigenvalue weighted by molar-refractivity contribution is -0.142. The van der Waals surface area contributed by atoms with Crippen molar-refractivity contribution in [3.8, 4) is 0 Å². The summed E-state index contributed by atoms with van der Waals surface area (Å²) in [6.07, 6.45) is -0.447. The van der Waals surface area contributed by atoms with Gasteiger partial charge < -0.3 is 25.5 Å². The van der Waals surface area contributed by atoms with Crippen molar-refractivity contribution in [2.45, 2.75) is 12.5 Å². The summed E-state index contributed by atoms with van der Waals surface area (Å²) in [6.45, 7) is 1.15. The third kappa shape index (κ3) is 2.98. The number of piperazine rings is 2. The molecule has 0 aliphatic carbocycles. The van der Waals surface area contributed by atoms with E-state index in [-0.39, 0.29) is 25.5 Å². The molecular weight excluding hydrogens is 268 g/mol. The van der Waals surface area contributed by atoms with Crippen LogP contribution >= 0.6 is 0 Å². The standard InChI is InChI=1S/C11H16N4O5/c16-8-6-14(3-1-12-8)11(20)15-4-2-13-10(19)7(15)5-9(17)18/h7H,1-6H2,(H,12,16)(H,13,19)(H,17,18). The van der Waals surface area contributed by atoms with Crippen molar-refractivity contribution in [2.24, 2.45) is 0 Å². The van der Waals surface area contributed by atoms with E-state index in [4.69, 9.17) is 5.11 Å². The van der Waals surface area contributed by atoms with Crippen molar-refractivity contribution < 1.29 is 24.3 Å². The van der Waals surface area contributed by atoms with Gasteiger partial charge in [0.25, 0.3) is 0 Å². The number of rotatable bonds is 2. The topological polar surface area (TPSA) is 119 Å². The van der Waals surface area contributed by atoms with Gasteiger partial charge in [0.2, 0.25) is 11.8 Å². The molecule has 9 heteroatoms. The molecule has 0 bridgehead atoms. The third-order valence-corrected chi connectivity index (χ3v) is 3.25. The average Bonchev–Trinajstić information content (AvgIpc) is 2.40. The molecule has 2 saturated heterocycles. The normalized spacial score (nSPS) is 23.1. The van der Waals surface area contributed by atoms with Gasteiger partial charge in [-0.1, -0.05) is 0 Å². The number of hydrogen-bond donors (Lipinski definition) is 3. The van der Waals surface area contributed by atoms with Crippen LogP contribution in [0.3, 0.4) is 0 Å². The van der Waals surface area contributed by atoms with E-state index in [2.05, 4.69) is 10.6 Å². The van der Waals surface area contributed by atoms with Crippen LogP contribution < -0.4 is 10.6 Å². The van der Waals surface area contributed by atoms with Gasteiger partial charge in [-0.25, -0.2) is 4.79 Å². The summed E-state index contributed by atoms with van der Waals surface area (Å²) in [4.78, 5) is 48.7. The van der Waals surface area contributed by atoms with E-state index in [9.17, 15) is 19.2 Å². The molecule has 20 heavy (non-hydrogen) atoms. The number of carbonyl (C=O) groups excluding carboxylic acids is 3. The van der Waals surface area contributed by atoms with Crippen molar-refractivity contribution in [1.82, 2.24) is 20.4 Å². The van der Waals surface area contributed by atoms with Crippen LogP contribution in [-0.4, -0.2) is 77.5 Å². The minimum absolute atomic E-state index is 0.0727.